The number of nitrogens with one attached hydrogen (secondary N) is 1. The van der Waals surface area contributed by atoms with Crippen molar-refractivity contribution in [1.29, 1.82) is 0 Å². The molecule has 0 saturated heterocycles. The summed E-state index contributed by atoms with van der Waals surface area (Å²) in [6, 6.07) is 24.0. The molecule has 0 fully saturated rings. The average molecular weight is 415 g/mol. The van der Waals surface area contributed by atoms with Crippen molar-refractivity contribution in [2.24, 2.45) is 0 Å². The Morgan fingerprint density at radius 3 is 2.32 bits per heavy atom. The van der Waals surface area contributed by atoms with Gasteiger partial charge in [0, 0.05) is 24.2 Å². The number of amides is 2. The zero-order chi connectivity index (χ0) is 21.8. The van der Waals surface area contributed by atoms with Crippen LogP contribution in [0.5, 0.6) is 5.75 Å². The number of hydrogen-bond acceptors (Lipinski definition) is 3. The van der Waals surface area contributed by atoms with Gasteiger partial charge in [-0.1, -0.05) is 48.5 Å². The van der Waals surface area contributed by atoms with E-state index in [9.17, 15) is 9.59 Å². The van der Waals surface area contributed by atoms with Crippen LogP contribution >= 0.6 is 0 Å². The van der Waals surface area contributed by atoms with Crippen LogP contribution in [-0.2, 0) is 17.8 Å². The molecule has 158 valence electrons. The minimum absolute atomic E-state index is 0.0819. The fourth-order valence-corrected chi connectivity index (χ4v) is 3.82. The molecule has 31 heavy (non-hydrogen) atoms. The van der Waals surface area contributed by atoms with E-state index in [1.54, 1.807) is 4.90 Å². The van der Waals surface area contributed by atoms with Crippen LogP contribution in [0.25, 0.3) is 0 Å². The molecule has 2 amide bonds. The van der Waals surface area contributed by atoms with Crippen molar-refractivity contribution >= 4 is 17.5 Å². The summed E-state index contributed by atoms with van der Waals surface area (Å²) >= 11 is 0. The third-order valence-electron chi connectivity index (χ3n) is 5.29. The van der Waals surface area contributed by atoms with Gasteiger partial charge >= 0.3 is 0 Å². The number of carbonyl (C=O) groups excluding carboxylic acids is 2. The number of rotatable bonds is 7. The van der Waals surface area contributed by atoms with Crippen LogP contribution in [0.2, 0.25) is 0 Å². The minimum Gasteiger partial charge on any atom is -0.491 e. The van der Waals surface area contributed by atoms with E-state index in [2.05, 4.69) is 5.32 Å². The molecule has 1 aliphatic rings. The zero-order valence-corrected chi connectivity index (χ0v) is 17.7. The Morgan fingerprint density at radius 1 is 0.968 bits per heavy atom. The minimum atomic E-state index is -0.617. The highest BCUT2D eigenvalue weighted by Gasteiger charge is 2.36. The molecule has 3 aromatic rings. The number of carbonyl (C=O) groups is 2. The van der Waals surface area contributed by atoms with Gasteiger partial charge in [-0.25, -0.2) is 0 Å². The number of anilines is 1. The summed E-state index contributed by atoms with van der Waals surface area (Å²) in [7, 11) is 0. The van der Waals surface area contributed by atoms with Crippen molar-refractivity contribution in [1.82, 2.24) is 4.90 Å². The normalized spacial score (nSPS) is 13.8. The number of hydrogen-bond donors (Lipinski definition) is 1. The molecule has 0 bridgehead atoms. The second-order valence-corrected chi connectivity index (χ2v) is 7.98. The Labute approximate surface area is 182 Å². The first-order valence-corrected chi connectivity index (χ1v) is 10.5. The number of ether oxygens (including phenoxy) is 1. The van der Waals surface area contributed by atoms with Crippen LogP contribution in [0.1, 0.15) is 35.3 Å². The molecule has 0 aromatic heterocycles. The van der Waals surface area contributed by atoms with Gasteiger partial charge in [-0.05, 0) is 55.3 Å². The molecule has 1 aliphatic heterocycles. The topological polar surface area (TPSA) is 58.6 Å². The van der Waals surface area contributed by atoms with E-state index >= 15 is 0 Å². The van der Waals surface area contributed by atoms with Crippen LogP contribution in [0.3, 0.4) is 0 Å². The van der Waals surface area contributed by atoms with Crippen LogP contribution in [-0.4, -0.2) is 28.9 Å². The van der Waals surface area contributed by atoms with E-state index in [4.69, 9.17) is 4.74 Å². The number of benzene rings is 3. The van der Waals surface area contributed by atoms with Crippen LogP contribution in [0.15, 0.2) is 78.9 Å². The second kappa shape index (κ2) is 9.04. The summed E-state index contributed by atoms with van der Waals surface area (Å²) < 4.78 is 5.67. The molecule has 0 aliphatic carbocycles. The summed E-state index contributed by atoms with van der Waals surface area (Å²) in [5.74, 6) is 0.439. The van der Waals surface area contributed by atoms with E-state index in [1.807, 2.05) is 92.7 Å². The Kier molecular flexibility index (Phi) is 6.03. The lowest BCUT2D eigenvalue weighted by atomic mass is 10.0. The standard InChI is InChI=1S/C26H26N2O3/c1-18(2)31-22-14-12-21(13-15-22)27-25(29)24(16-19-8-4-3-5-9-19)28-17-20-10-6-7-11-23(20)26(28)30/h3-15,18,24H,16-17H2,1-2H3,(H,27,29). The van der Waals surface area contributed by atoms with Crippen molar-refractivity contribution in [2.45, 2.75) is 39.0 Å². The lowest BCUT2D eigenvalue weighted by molar-refractivity contribution is -0.120. The van der Waals surface area contributed by atoms with E-state index in [-0.39, 0.29) is 17.9 Å². The molecule has 1 atom stereocenters. The predicted molar refractivity (Wildman–Crippen MR) is 121 cm³/mol. The van der Waals surface area contributed by atoms with Gasteiger partial charge in [0.1, 0.15) is 11.8 Å². The third kappa shape index (κ3) is 4.77. The van der Waals surface area contributed by atoms with Gasteiger partial charge in [-0.15, -0.1) is 0 Å². The monoisotopic (exact) mass is 414 g/mol. The van der Waals surface area contributed by atoms with Crippen molar-refractivity contribution < 1.29 is 14.3 Å². The molecule has 1 N–H and O–H groups in total. The van der Waals surface area contributed by atoms with Gasteiger partial charge in [-0.2, -0.15) is 0 Å². The van der Waals surface area contributed by atoms with Gasteiger partial charge in [0.25, 0.3) is 5.91 Å². The molecule has 0 saturated carbocycles. The molecular formula is C26H26N2O3. The van der Waals surface area contributed by atoms with E-state index < -0.39 is 6.04 Å². The maximum Gasteiger partial charge on any atom is 0.255 e. The van der Waals surface area contributed by atoms with Crippen LogP contribution < -0.4 is 10.1 Å². The van der Waals surface area contributed by atoms with Crippen LogP contribution in [0.4, 0.5) is 5.69 Å². The molecule has 1 unspecified atom stereocenters. The maximum absolute atomic E-state index is 13.3. The molecule has 0 spiro atoms. The number of nitrogens with zero attached hydrogens (tertiary/aromatic N) is 1. The first-order valence-electron chi connectivity index (χ1n) is 10.5. The van der Waals surface area contributed by atoms with Gasteiger partial charge in [-0.3, -0.25) is 9.59 Å². The third-order valence-corrected chi connectivity index (χ3v) is 5.29. The van der Waals surface area contributed by atoms with Crippen molar-refractivity contribution in [3.8, 4) is 5.75 Å². The molecule has 5 nitrogen and oxygen atoms in total. The average Bonchev–Trinajstić information content (AvgIpc) is 3.10. The lowest BCUT2D eigenvalue weighted by Crippen LogP contribution is -2.45. The largest absolute Gasteiger partial charge is 0.491 e. The molecule has 4 rings (SSSR count). The lowest BCUT2D eigenvalue weighted by Gasteiger charge is -2.27. The highest BCUT2D eigenvalue weighted by atomic mass is 16.5. The van der Waals surface area contributed by atoms with Gasteiger partial charge < -0.3 is 15.0 Å². The smallest absolute Gasteiger partial charge is 0.255 e. The van der Waals surface area contributed by atoms with Gasteiger partial charge in [0.15, 0.2) is 0 Å². The predicted octanol–water partition coefficient (Wildman–Crippen LogP) is 4.68. The van der Waals surface area contributed by atoms with Crippen molar-refractivity contribution in [2.75, 3.05) is 5.32 Å². The summed E-state index contributed by atoms with van der Waals surface area (Å²) in [5, 5.41) is 2.98. The molecule has 3 aromatic carbocycles. The van der Waals surface area contributed by atoms with E-state index in [1.165, 1.54) is 0 Å². The fraction of sp³-hybridized carbons (Fsp3) is 0.231. The molecule has 1 heterocycles. The van der Waals surface area contributed by atoms with Gasteiger partial charge in [0.2, 0.25) is 5.91 Å². The first-order chi connectivity index (χ1) is 15.0. The highest BCUT2D eigenvalue weighted by Crippen LogP contribution is 2.27. The van der Waals surface area contributed by atoms with Crippen molar-refractivity contribution in [3.05, 3.63) is 95.6 Å². The Morgan fingerprint density at radius 2 is 1.65 bits per heavy atom. The fourth-order valence-electron chi connectivity index (χ4n) is 3.82. The highest BCUT2D eigenvalue weighted by molar-refractivity contribution is 6.03. The van der Waals surface area contributed by atoms with E-state index in [0.717, 1.165) is 16.9 Å². The second-order valence-electron chi connectivity index (χ2n) is 7.98. The molecule has 0 radical (unpaired) electrons. The first kappa shape index (κ1) is 20.7. The maximum atomic E-state index is 13.3. The van der Waals surface area contributed by atoms with Crippen LogP contribution in [0, 0.1) is 0 Å². The summed E-state index contributed by atoms with van der Waals surface area (Å²) in [4.78, 5) is 28.1. The molecular weight excluding hydrogens is 388 g/mol. The SMILES string of the molecule is CC(C)Oc1ccc(NC(=O)C(Cc2ccccc2)N2Cc3ccccc3C2=O)cc1. The Balaban J connectivity index is 1.56. The molecule has 5 heteroatoms. The number of fused-ring (bicyclic) bond motifs is 1. The Bertz CT molecular complexity index is 1060. The summed E-state index contributed by atoms with van der Waals surface area (Å²) in [5.41, 5.74) is 3.30. The van der Waals surface area contributed by atoms with E-state index in [0.29, 0.717) is 24.2 Å². The van der Waals surface area contributed by atoms with Gasteiger partial charge in [0.05, 0.1) is 6.10 Å². The Hall–Kier alpha value is -3.60. The van der Waals surface area contributed by atoms with Crippen molar-refractivity contribution in [3.63, 3.8) is 0 Å². The zero-order valence-electron chi connectivity index (χ0n) is 17.7. The quantitative estimate of drug-likeness (QED) is 0.611. The summed E-state index contributed by atoms with van der Waals surface area (Å²) in [6.45, 7) is 4.37. The summed E-state index contributed by atoms with van der Waals surface area (Å²) in [6.07, 6.45) is 0.527.